The van der Waals surface area contributed by atoms with Gasteiger partial charge in [0.15, 0.2) is 0 Å². The Morgan fingerprint density at radius 3 is 2.47 bits per heavy atom. The van der Waals surface area contributed by atoms with Gasteiger partial charge in [0.1, 0.15) is 5.84 Å². The van der Waals surface area contributed by atoms with Gasteiger partial charge in [0.25, 0.3) is 0 Å². The molecule has 0 heterocycles. The van der Waals surface area contributed by atoms with E-state index in [0.717, 1.165) is 0 Å². The van der Waals surface area contributed by atoms with Crippen molar-refractivity contribution < 1.29 is 18.4 Å². The molecule has 3 N–H and O–H groups in total. The highest BCUT2D eigenvalue weighted by Gasteiger charge is 2.27. The molecule has 0 amide bonds. The highest BCUT2D eigenvalue weighted by Crippen LogP contribution is 2.19. The van der Waals surface area contributed by atoms with Gasteiger partial charge in [-0.15, -0.1) is 0 Å². The predicted molar refractivity (Wildman–Crippen MR) is 50.7 cm³/mol. The Morgan fingerprint density at radius 1 is 1.53 bits per heavy atom. The lowest BCUT2D eigenvalue weighted by atomic mass is 10.1. The highest BCUT2D eigenvalue weighted by molar-refractivity contribution is 5.82. The van der Waals surface area contributed by atoms with Gasteiger partial charge in [-0.3, -0.25) is 0 Å². The van der Waals surface area contributed by atoms with Crippen LogP contribution in [0.2, 0.25) is 0 Å². The van der Waals surface area contributed by atoms with E-state index in [4.69, 9.17) is 10.9 Å². The molecular weight excluding hydrogens is 211 g/mol. The first-order valence-corrected chi connectivity index (χ1v) is 4.49. The van der Waals surface area contributed by atoms with Crippen molar-refractivity contribution in [2.24, 2.45) is 16.8 Å². The first-order chi connectivity index (χ1) is 6.76. The van der Waals surface area contributed by atoms with Crippen molar-refractivity contribution in [2.45, 2.75) is 19.5 Å². The minimum atomic E-state index is -4.14. The van der Waals surface area contributed by atoms with Crippen LogP contribution in [0.25, 0.3) is 0 Å². The normalized spacial score (nSPS) is 15.7. The Bertz CT molecular complexity index is 218. The van der Waals surface area contributed by atoms with Crippen LogP contribution in [-0.2, 0) is 0 Å². The van der Waals surface area contributed by atoms with Crippen LogP contribution in [0.15, 0.2) is 5.16 Å². The lowest BCUT2D eigenvalue weighted by Gasteiger charge is -2.20. The monoisotopic (exact) mass is 227 g/mol. The second kappa shape index (κ2) is 5.79. The quantitative estimate of drug-likeness (QED) is 0.321. The van der Waals surface area contributed by atoms with Gasteiger partial charge in [-0.25, -0.2) is 0 Å². The van der Waals surface area contributed by atoms with Crippen LogP contribution in [0, 0.1) is 5.92 Å². The van der Waals surface area contributed by atoms with Gasteiger partial charge in [0.05, 0.1) is 6.42 Å². The number of hydrogen-bond acceptors (Lipinski definition) is 3. The van der Waals surface area contributed by atoms with E-state index in [0.29, 0.717) is 6.54 Å². The van der Waals surface area contributed by atoms with Crippen molar-refractivity contribution in [3.8, 4) is 0 Å². The molecule has 0 aromatic heterocycles. The molecule has 1 atom stereocenters. The smallest absolute Gasteiger partial charge is 0.390 e. The zero-order chi connectivity index (χ0) is 12.1. The summed E-state index contributed by atoms with van der Waals surface area (Å²) in [6.07, 6.45) is -5.00. The Kier molecular flexibility index (Phi) is 5.41. The van der Waals surface area contributed by atoms with Gasteiger partial charge in [0, 0.05) is 19.0 Å². The van der Waals surface area contributed by atoms with Gasteiger partial charge in [0.2, 0.25) is 0 Å². The Balaban J connectivity index is 3.89. The zero-order valence-electron chi connectivity index (χ0n) is 8.75. The van der Waals surface area contributed by atoms with Gasteiger partial charge >= 0.3 is 6.18 Å². The first-order valence-electron chi connectivity index (χ1n) is 4.49. The van der Waals surface area contributed by atoms with E-state index in [1.54, 1.807) is 14.0 Å². The van der Waals surface area contributed by atoms with Gasteiger partial charge < -0.3 is 15.8 Å². The summed E-state index contributed by atoms with van der Waals surface area (Å²) in [5.41, 5.74) is 5.30. The molecule has 0 aliphatic rings. The number of hydrogen-bond donors (Lipinski definition) is 2. The number of rotatable bonds is 5. The van der Waals surface area contributed by atoms with Crippen LogP contribution < -0.4 is 5.73 Å². The SMILES string of the molecule is CC(CN(C)CCC(F)(F)F)C(N)=NO. The molecule has 0 aliphatic carbocycles. The fourth-order valence-electron chi connectivity index (χ4n) is 1.07. The van der Waals surface area contributed by atoms with Crippen LogP contribution in [0.1, 0.15) is 13.3 Å². The molecule has 0 spiro atoms. The third kappa shape index (κ3) is 7.01. The van der Waals surface area contributed by atoms with Crippen molar-refractivity contribution in [3.63, 3.8) is 0 Å². The summed E-state index contributed by atoms with van der Waals surface area (Å²) >= 11 is 0. The Morgan fingerprint density at radius 2 is 2.07 bits per heavy atom. The van der Waals surface area contributed by atoms with E-state index in [-0.39, 0.29) is 18.3 Å². The summed E-state index contributed by atoms with van der Waals surface area (Å²) in [5.74, 6) is -0.248. The topological polar surface area (TPSA) is 61.8 Å². The Hall–Kier alpha value is -0.980. The lowest BCUT2D eigenvalue weighted by Crippen LogP contribution is -2.34. The van der Waals surface area contributed by atoms with E-state index in [1.807, 2.05) is 0 Å². The van der Waals surface area contributed by atoms with Crippen LogP contribution in [0.4, 0.5) is 13.2 Å². The largest absolute Gasteiger partial charge is 0.409 e. The van der Waals surface area contributed by atoms with Crippen LogP contribution in [0.5, 0.6) is 0 Å². The average molecular weight is 227 g/mol. The Labute approximate surface area is 86.5 Å². The second-order valence-electron chi connectivity index (χ2n) is 3.55. The van der Waals surface area contributed by atoms with Crippen molar-refractivity contribution >= 4 is 5.84 Å². The molecule has 0 aromatic carbocycles. The minimum Gasteiger partial charge on any atom is -0.409 e. The van der Waals surface area contributed by atoms with Crippen molar-refractivity contribution in [2.75, 3.05) is 20.1 Å². The summed E-state index contributed by atoms with van der Waals surface area (Å²) in [5, 5.41) is 11.1. The number of nitrogens with zero attached hydrogens (tertiary/aromatic N) is 2. The average Bonchev–Trinajstić information content (AvgIpc) is 2.12. The fraction of sp³-hybridized carbons (Fsp3) is 0.875. The maximum absolute atomic E-state index is 11.9. The van der Waals surface area contributed by atoms with Gasteiger partial charge in [-0.05, 0) is 7.05 Å². The van der Waals surface area contributed by atoms with E-state index in [2.05, 4.69) is 5.16 Å². The van der Waals surface area contributed by atoms with Crippen molar-refractivity contribution in [1.29, 1.82) is 0 Å². The van der Waals surface area contributed by atoms with Gasteiger partial charge in [-0.2, -0.15) is 13.2 Å². The third-order valence-electron chi connectivity index (χ3n) is 1.98. The summed E-state index contributed by atoms with van der Waals surface area (Å²) in [4.78, 5) is 1.50. The molecule has 0 aromatic rings. The van der Waals surface area contributed by atoms with E-state index in [9.17, 15) is 13.2 Å². The van der Waals surface area contributed by atoms with E-state index in [1.165, 1.54) is 4.90 Å². The molecule has 1 unspecified atom stereocenters. The summed E-state index contributed by atoms with van der Waals surface area (Å²) in [7, 11) is 1.56. The second-order valence-corrected chi connectivity index (χ2v) is 3.55. The molecule has 0 saturated carbocycles. The maximum atomic E-state index is 11.9. The molecule has 0 fully saturated rings. The zero-order valence-corrected chi connectivity index (χ0v) is 8.75. The van der Waals surface area contributed by atoms with E-state index >= 15 is 0 Å². The van der Waals surface area contributed by atoms with E-state index < -0.39 is 12.6 Å². The minimum absolute atomic E-state index is 0.0221. The van der Waals surface area contributed by atoms with Crippen molar-refractivity contribution in [3.05, 3.63) is 0 Å². The van der Waals surface area contributed by atoms with Crippen LogP contribution >= 0.6 is 0 Å². The third-order valence-corrected chi connectivity index (χ3v) is 1.98. The molecule has 4 nitrogen and oxygen atoms in total. The molecule has 15 heavy (non-hydrogen) atoms. The lowest BCUT2D eigenvalue weighted by molar-refractivity contribution is -0.137. The number of nitrogens with two attached hydrogens (primary N) is 1. The standard InChI is InChI=1S/C8H16F3N3O/c1-6(7(12)13-15)5-14(2)4-3-8(9,10)11/h6,15H,3-5H2,1-2H3,(H2,12,13). The molecular formula is C8H16F3N3O. The fourth-order valence-corrected chi connectivity index (χ4v) is 1.07. The predicted octanol–water partition coefficient (Wildman–Crippen LogP) is 1.25. The summed E-state index contributed by atoms with van der Waals surface area (Å²) in [6, 6.07) is 0. The maximum Gasteiger partial charge on any atom is 0.390 e. The molecule has 0 radical (unpaired) electrons. The first kappa shape index (κ1) is 14.0. The molecule has 0 aliphatic heterocycles. The van der Waals surface area contributed by atoms with Crippen LogP contribution in [-0.4, -0.2) is 42.3 Å². The highest BCUT2D eigenvalue weighted by atomic mass is 19.4. The van der Waals surface area contributed by atoms with Crippen LogP contribution in [0.3, 0.4) is 0 Å². The number of oxime groups is 1. The molecule has 90 valence electrons. The molecule has 0 saturated heterocycles. The molecule has 0 rings (SSSR count). The molecule has 7 heteroatoms. The number of halogens is 3. The number of amidine groups is 1. The number of alkyl halides is 3. The summed E-state index contributed by atoms with van der Waals surface area (Å²) in [6.45, 7) is 1.91. The molecule has 0 bridgehead atoms. The summed E-state index contributed by atoms with van der Waals surface area (Å²) < 4.78 is 35.6. The van der Waals surface area contributed by atoms with Crippen molar-refractivity contribution in [1.82, 2.24) is 4.90 Å². The van der Waals surface area contributed by atoms with Gasteiger partial charge in [-0.1, -0.05) is 12.1 Å².